The van der Waals surface area contributed by atoms with E-state index in [0.717, 1.165) is 38.9 Å². The lowest BCUT2D eigenvalue weighted by Gasteiger charge is -2.22. The van der Waals surface area contributed by atoms with E-state index in [4.69, 9.17) is 32.7 Å². The Bertz CT molecular complexity index is 1620. The van der Waals surface area contributed by atoms with Crippen molar-refractivity contribution in [2.45, 2.75) is 46.1 Å². The van der Waals surface area contributed by atoms with Gasteiger partial charge in [-0.25, -0.2) is 4.79 Å². The van der Waals surface area contributed by atoms with E-state index in [1.54, 1.807) is 12.1 Å². The summed E-state index contributed by atoms with van der Waals surface area (Å²) in [6.45, 7) is 8.29. The van der Waals surface area contributed by atoms with E-state index in [9.17, 15) is 14.7 Å². The fourth-order valence-electron chi connectivity index (χ4n) is 5.46. The quantitative estimate of drug-likeness (QED) is 0.126. The van der Waals surface area contributed by atoms with Gasteiger partial charge in [-0.05, 0) is 90.4 Å². The van der Waals surface area contributed by atoms with E-state index >= 15 is 0 Å². The summed E-state index contributed by atoms with van der Waals surface area (Å²) in [5.41, 5.74) is 7.22. The molecule has 0 aliphatic rings. The van der Waals surface area contributed by atoms with E-state index in [0.29, 0.717) is 34.6 Å². The molecule has 0 saturated heterocycles. The van der Waals surface area contributed by atoms with Gasteiger partial charge >= 0.3 is 6.09 Å². The highest BCUT2D eigenvalue weighted by Gasteiger charge is 2.19. The minimum absolute atomic E-state index is 0.0833. The number of carbonyl (C=O) groups is 2. The third kappa shape index (κ3) is 9.40. The second-order valence-electron chi connectivity index (χ2n) is 11.1. The lowest BCUT2D eigenvalue weighted by Crippen LogP contribution is -2.28. The Morgan fingerprint density at radius 1 is 0.867 bits per heavy atom. The maximum atomic E-state index is 11.7. The van der Waals surface area contributed by atoms with Gasteiger partial charge in [-0.3, -0.25) is 4.79 Å². The van der Waals surface area contributed by atoms with E-state index in [-0.39, 0.29) is 31.0 Å². The molecule has 0 aliphatic heterocycles. The van der Waals surface area contributed by atoms with Crippen molar-refractivity contribution in [3.63, 3.8) is 0 Å². The topological polar surface area (TPSA) is 96.9 Å². The highest BCUT2D eigenvalue weighted by molar-refractivity contribution is 6.37. The van der Waals surface area contributed by atoms with Crippen molar-refractivity contribution in [1.29, 1.82) is 0 Å². The standard InChI is InChI=1S/C36H38Cl2N2O5/c1-22-17-33(37)35(34(38)18-22)45-16-15-44-29-12-9-26(10-13-29)20-28(21-39-36(42)43)30-14-11-27(19-23(30)2)32-8-6-5-7-31(32)24(3)40-25(4)41/h5-14,17-19,24,28,39H,15-16,20-21H2,1-4H3,(H,40,41)(H,42,43). The van der Waals surface area contributed by atoms with Crippen LogP contribution in [0.4, 0.5) is 4.79 Å². The highest BCUT2D eigenvalue weighted by Crippen LogP contribution is 2.34. The zero-order valence-electron chi connectivity index (χ0n) is 25.8. The summed E-state index contributed by atoms with van der Waals surface area (Å²) in [5.74, 6) is 0.959. The number of aryl methyl sites for hydroxylation is 2. The number of benzene rings is 4. The molecule has 0 heterocycles. The van der Waals surface area contributed by atoms with Crippen molar-refractivity contribution in [2.75, 3.05) is 19.8 Å². The molecule has 2 atom stereocenters. The summed E-state index contributed by atoms with van der Waals surface area (Å²) in [7, 11) is 0. The molecule has 0 bridgehead atoms. The van der Waals surface area contributed by atoms with Crippen molar-refractivity contribution in [2.24, 2.45) is 0 Å². The molecule has 0 aliphatic carbocycles. The first-order valence-electron chi connectivity index (χ1n) is 14.8. The maximum Gasteiger partial charge on any atom is 0.404 e. The van der Waals surface area contributed by atoms with Crippen molar-refractivity contribution in [1.82, 2.24) is 10.6 Å². The average molecular weight is 650 g/mol. The van der Waals surface area contributed by atoms with Crippen molar-refractivity contribution >= 4 is 35.2 Å². The number of carbonyl (C=O) groups excluding carboxylic acids is 1. The van der Waals surface area contributed by atoms with Gasteiger partial charge in [-0.2, -0.15) is 0 Å². The zero-order valence-corrected chi connectivity index (χ0v) is 27.3. The van der Waals surface area contributed by atoms with Gasteiger partial charge in [0.25, 0.3) is 0 Å². The van der Waals surface area contributed by atoms with Crippen LogP contribution in [0.1, 0.15) is 53.6 Å². The molecule has 4 rings (SSSR count). The molecule has 236 valence electrons. The van der Waals surface area contributed by atoms with Crippen LogP contribution in [0, 0.1) is 13.8 Å². The lowest BCUT2D eigenvalue weighted by atomic mass is 9.86. The number of hydrogen-bond donors (Lipinski definition) is 3. The SMILES string of the molecule is CC(=O)NC(C)c1ccccc1-c1ccc(C(CNC(=O)O)Cc2ccc(OCCOc3c(Cl)cc(C)cc3Cl)cc2)c(C)c1. The molecule has 4 aromatic rings. The van der Waals surface area contributed by atoms with Gasteiger partial charge in [0.1, 0.15) is 19.0 Å². The predicted octanol–water partition coefficient (Wildman–Crippen LogP) is 8.53. The van der Waals surface area contributed by atoms with Crippen LogP contribution in [-0.2, 0) is 11.2 Å². The fraction of sp³-hybridized carbons (Fsp3) is 0.278. The Balaban J connectivity index is 1.44. The van der Waals surface area contributed by atoms with Crippen molar-refractivity contribution < 1.29 is 24.2 Å². The third-order valence-electron chi connectivity index (χ3n) is 7.51. The number of rotatable bonds is 13. The molecule has 7 nitrogen and oxygen atoms in total. The maximum absolute atomic E-state index is 11.7. The van der Waals surface area contributed by atoms with Gasteiger partial charge in [0, 0.05) is 19.4 Å². The summed E-state index contributed by atoms with van der Waals surface area (Å²) < 4.78 is 11.6. The Labute approximate surface area is 274 Å². The Hall–Kier alpha value is -4.20. The molecular formula is C36H38Cl2N2O5. The van der Waals surface area contributed by atoms with Crippen LogP contribution in [0.5, 0.6) is 11.5 Å². The first-order chi connectivity index (χ1) is 21.5. The molecular weight excluding hydrogens is 611 g/mol. The molecule has 0 saturated carbocycles. The number of ether oxygens (including phenoxy) is 2. The Morgan fingerprint density at radius 3 is 2.18 bits per heavy atom. The second-order valence-corrected chi connectivity index (χ2v) is 11.9. The van der Waals surface area contributed by atoms with Crippen molar-refractivity contribution in [3.05, 3.63) is 117 Å². The zero-order chi connectivity index (χ0) is 32.5. The molecule has 9 heteroatoms. The molecule has 4 aromatic carbocycles. The summed E-state index contributed by atoms with van der Waals surface area (Å²) in [4.78, 5) is 23.1. The van der Waals surface area contributed by atoms with Gasteiger partial charge in [-0.1, -0.05) is 77.8 Å². The van der Waals surface area contributed by atoms with Gasteiger partial charge < -0.3 is 25.2 Å². The van der Waals surface area contributed by atoms with Gasteiger partial charge in [0.15, 0.2) is 5.75 Å². The number of carboxylic acid groups (broad SMARTS) is 1. The largest absolute Gasteiger partial charge is 0.490 e. The van der Waals surface area contributed by atoms with Crippen LogP contribution in [-0.4, -0.2) is 36.9 Å². The molecule has 0 fully saturated rings. The first kappa shape index (κ1) is 33.7. The van der Waals surface area contributed by atoms with Gasteiger partial charge in [0.05, 0.1) is 16.1 Å². The van der Waals surface area contributed by atoms with E-state index < -0.39 is 6.09 Å². The Kier molecular flexibility index (Phi) is 11.7. The van der Waals surface area contributed by atoms with Gasteiger partial charge in [0.2, 0.25) is 5.91 Å². The smallest absolute Gasteiger partial charge is 0.404 e. The van der Waals surface area contributed by atoms with E-state index in [1.807, 2.05) is 69.3 Å². The van der Waals surface area contributed by atoms with Crippen LogP contribution >= 0.6 is 23.2 Å². The van der Waals surface area contributed by atoms with Crippen LogP contribution in [0.3, 0.4) is 0 Å². The average Bonchev–Trinajstić information content (AvgIpc) is 2.98. The Morgan fingerprint density at radius 2 is 1.53 bits per heavy atom. The molecule has 3 N–H and O–H groups in total. The normalized spacial score (nSPS) is 12.2. The van der Waals surface area contributed by atoms with E-state index in [1.165, 1.54) is 6.92 Å². The minimum Gasteiger partial charge on any atom is -0.490 e. The third-order valence-corrected chi connectivity index (χ3v) is 8.08. The highest BCUT2D eigenvalue weighted by atomic mass is 35.5. The van der Waals surface area contributed by atoms with Crippen LogP contribution in [0.25, 0.3) is 11.1 Å². The predicted molar refractivity (Wildman–Crippen MR) is 180 cm³/mol. The molecule has 0 aromatic heterocycles. The number of nitrogens with one attached hydrogen (secondary N) is 2. The summed E-state index contributed by atoms with van der Waals surface area (Å²) in [5, 5.41) is 15.8. The minimum atomic E-state index is -1.06. The summed E-state index contributed by atoms with van der Waals surface area (Å²) in [6.07, 6.45) is -0.431. The monoisotopic (exact) mass is 648 g/mol. The van der Waals surface area contributed by atoms with Crippen LogP contribution < -0.4 is 20.1 Å². The van der Waals surface area contributed by atoms with E-state index in [2.05, 4.69) is 28.8 Å². The molecule has 2 amide bonds. The number of halogens is 2. The molecule has 2 unspecified atom stereocenters. The first-order valence-corrected chi connectivity index (χ1v) is 15.5. The molecule has 0 spiro atoms. The summed E-state index contributed by atoms with van der Waals surface area (Å²) >= 11 is 12.5. The molecule has 0 radical (unpaired) electrons. The van der Waals surface area contributed by atoms with Gasteiger partial charge in [-0.15, -0.1) is 0 Å². The van der Waals surface area contributed by atoms with Crippen molar-refractivity contribution in [3.8, 4) is 22.6 Å². The number of hydrogen-bond acceptors (Lipinski definition) is 4. The summed E-state index contributed by atoms with van der Waals surface area (Å²) in [6, 6.07) is 25.5. The second kappa shape index (κ2) is 15.7. The van der Waals surface area contributed by atoms with Crippen LogP contribution in [0.15, 0.2) is 78.9 Å². The lowest BCUT2D eigenvalue weighted by molar-refractivity contribution is -0.119. The van der Waals surface area contributed by atoms with Crippen LogP contribution in [0.2, 0.25) is 10.0 Å². The fourth-order valence-corrected chi connectivity index (χ4v) is 6.16. The molecule has 45 heavy (non-hydrogen) atoms. The number of amides is 2.